The van der Waals surface area contributed by atoms with Crippen molar-refractivity contribution in [2.75, 3.05) is 32.1 Å². The van der Waals surface area contributed by atoms with E-state index in [-0.39, 0.29) is 24.4 Å². The van der Waals surface area contributed by atoms with Gasteiger partial charge in [0, 0.05) is 26.2 Å². The number of amides is 1. The summed E-state index contributed by atoms with van der Waals surface area (Å²) >= 11 is 0. The average Bonchev–Trinajstić information content (AvgIpc) is 2.44. The summed E-state index contributed by atoms with van der Waals surface area (Å²) in [6.07, 6.45) is 1.94. The second kappa shape index (κ2) is 7.39. The van der Waals surface area contributed by atoms with E-state index >= 15 is 0 Å². The number of carbonyl (C=O) groups excluding carboxylic acids is 1. The fraction of sp³-hybridized carbons (Fsp3) is 0.500. The summed E-state index contributed by atoms with van der Waals surface area (Å²) in [6.45, 7) is 2.53. The predicted octanol–water partition coefficient (Wildman–Crippen LogP) is 0.876. The van der Waals surface area contributed by atoms with Crippen LogP contribution in [0.2, 0.25) is 0 Å². The average molecular weight is 282 g/mol. The Labute approximate surface area is 116 Å². The Morgan fingerprint density at radius 3 is 2.85 bits per heavy atom. The van der Waals surface area contributed by atoms with Gasteiger partial charge in [-0.2, -0.15) is 0 Å². The van der Waals surface area contributed by atoms with Gasteiger partial charge in [0.05, 0.1) is 17.1 Å². The maximum Gasteiger partial charge on any atom is 0.288 e. The van der Waals surface area contributed by atoms with E-state index in [1.807, 2.05) is 6.92 Å². The molecule has 1 amide bonds. The molecule has 1 heterocycles. The maximum atomic E-state index is 12.2. The Morgan fingerprint density at radius 2 is 2.30 bits per heavy atom. The molecule has 0 saturated carbocycles. The minimum Gasteiger partial charge on any atom is -0.395 e. The van der Waals surface area contributed by atoms with E-state index in [1.165, 1.54) is 18.0 Å². The number of rotatable bonds is 7. The van der Waals surface area contributed by atoms with Crippen LogP contribution >= 0.6 is 0 Å². The van der Waals surface area contributed by atoms with Crippen LogP contribution in [0.4, 0.5) is 11.5 Å². The first-order chi connectivity index (χ1) is 9.51. The number of aromatic nitrogens is 1. The summed E-state index contributed by atoms with van der Waals surface area (Å²) in [4.78, 5) is 27.6. The topological polar surface area (TPSA) is 109 Å². The van der Waals surface area contributed by atoms with Crippen LogP contribution in [0.25, 0.3) is 0 Å². The molecule has 2 N–H and O–H groups in total. The van der Waals surface area contributed by atoms with Crippen molar-refractivity contribution in [1.29, 1.82) is 0 Å². The second-order valence-electron chi connectivity index (χ2n) is 4.22. The molecule has 8 nitrogen and oxygen atoms in total. The molecule has 8 heteroatoms. The van der Waals surface area contributed by atoms with Gasteiger partial charge in [0.15, 0.2) is 0 Å². The normalized spacial score (nSPS) is 10.2. The van der Waals surface area contributed by atoms with Gasteiger partial charge in [0.1, 0.15) is 12.0 Å². The highest BCUT2D eigenvalue weighted by molar-refractivity contribution is 5.99. The number of aliphatic hydroxyl groups excluding tert-OH is 1. The van der Waals surface area contributed by atoms with E-state index in [9.17, 15) is 14.9 Å². The van der Waals surface area contributed by atoms with Crippen LogP contribution in [0.15, 0.2) is 12.3 Å². The molecule has 0 radical (unpaired) electrons. The van der Waals surface area contributed by atoms with Crippen molar-refractivity contribution in [1.82, 2.24) is 9.88 Å². The largest absolute Gasteiger partial charge is 0.395 e. The minimum absolute atomic E-state index is 0.128. The first kappa shape index (κ1) is 15.8. The number of pyridine rings is 1. The van der Waals surface area contributed by atoms with Gasteiger partial charge in [-0.05, 0) is 6.42 Å². The van der Waals surface area contributed by atoms with Gasteiger partial charge in [-0.15, -0.1) is 0 Å². The van der Waals surface area contributed by atoms with Crippen LogP contribution in [-0.2, 0) is 0 Å². The van der Waals surface area contributed by atoms with E-state index < -0.39 is 10.8 Å². The van der Waals surface area contributed by atoms with E-state index in [1.54, 1.807) is 0 Å². The summed E-state index contributed by atoms with van der Waals surface area (Å²) in [5.74, 6) is -0.110. The predicted molar refractivity (Wildman–Crippen MR) is 73.7 cm³/mol. The number of nitrogens with zero attached hydrogens (tertiary/aromatic N) is 3. The molecular weight excluding hydrogens is 264 g/mol. The maximum absolute atomic E-state index is 12.2. The molecule has 0 bridgehead atoms. The zero-order valence-electron chi connectivity index (χ0n) is 11.5. The van der Waals surface area contributed by atoms with Crippen LogP contribution in [0.5, 0.6) is 0 Å². The molecular formula is C12H18N4O4. The Kier molecular flexibility index (Phi) is 5.85. The van der Waals surface area contributed by atoms with Crippen molar-refractivity contribution >= 4 is 17.4 Å². The number of nitro groups is 1. The van der Waals surface area contributed by atoms with Crippen molar-refractivity contribution in [2.45, 2.75) is 13.3 Å². The number of carbonyl (C=O) groups is 1. The number of likely N-dealkylation sites (N-methyl/N-ethyl adjacent to an activating group) is 1. The lowest BCUT2D eigenvalue weighted by molar-refractivity contribution is -0.385. The Morgan fingerprint density at radius 1 is 1.60 bits per heavy atom. The monoisotopic (exact) mass is 282 g/mol. The second-order valence-corrected chi connectivity index (χ2v) is 4.22. The molecule has 1 aromatic heterocycles. The first-order valence-electron chi connectivity index (χ1n) is 6.25. The quantitative estimate of drug-likeness (QED) is 0.567. The smallest absolute Gasteiger partial charge is 0.288 e. The van der Waals surface area contributed by atoms with Crippen LogP contribution in [0.3, 0.4) is 0 Å². The summed E-state index contributed by atoms with van der Waals surface area (Å²) in [5.41, 5.74) is -0.114. The molecule has 20 heavy (non-hydrogen) atoms. The van der Waals surface area contributed by atoms with Gasteiger partial charge in [0.2, 0.25) is 0 Å². The Bertz CT molecular complexity index is 492. The third kappa shape index (κ3) is 3.89. The summed E-state index contributed by atoms with van der Waals surface area (Å²) in [5, 5.41) is 22.6. The highest BCUT2D eigenvalue weighted by atomic mass is 16.6. The molecule has 0 aliphatic carbocycles. The van der Waals surface area contributed by atoms with Crippen LogP contribution in [0.1, 0.15) is 23.7 Å². The number of aliphatic hydroxyl groups is 1. The van der Waals surface area contributed by atoms with Crippen LogP contribution < -0.4 is 5.32 Å². The van der Waals surface area contributed by atoms with E-state index in [0.717, 1.165) is 12.6 Å². The lowest BCUT2D eigenvalue weighted by Gasteiger charge is -2.17. The van der Waals surface area contributed by atoms with Crippen molar-refractivity contribution < 1.29 is 14.8 Å². The number of nitrogens with one attached hydrogen (secondary N) is 1. The summed E-state index contributed by atoms with van der Waals surface area (Å²) in [7, 11) is 1.51. The SMILES string of the molecule is CCCNc1ncc([N+](=O)[O-])cc1C(=O)N(C)CCO. The standard InChI is InChI=1S/C12H18N4O4/c1-3-4-13-11-10(12(18)15(2)5-6-17)7-9(8-14-11)16(19)20/h7-8,17H,3-6H2,1-2H3,(H,13,14). The van der Waals surface area contributed by atoms with Crippen molar-refractivity contribution in [2.24, 2.45) is 0 Å². The Balaban J connectivity index is 3.13. The third-order valence-electron chi connectivity index (χ3n) is 2.64. The molecule has 0 unspecified atom stereocenters. The minimum atomic E-state index is -0.598. The highest BCUT2D eigenvalue weighted by Crippen LogP contribution is 2.20. The van der Waals surface area contributed by atoms with Gasteiger partial charge in [-0.1, -0.05) is 6.92 Å². The molecule has 0 atom stereocenters. The fourth-order valence-electron chi connectivity index (χ4n) is 1.56. The summed E-state index contributed by atoms with van der Waals surface area (Å²) < 4.78 is 0. The van der Waals surface area contributed by atoms with E-state index in [4.69, 9.17) is 5.11 Å². The zero-order valence-corrected chi connectivity index (χ0v) is 11.5. The fourth-order valence-corrected chi connectivity index (χ4v) is 1.56. The van der Waals surface area contributed by atoms with Gasteiger partial charge in [0.25, 0.3) is 11.6 Å². The van der Waals surface area contributed by atoms with Gasteiger partial charge >= 0.3 is 0 Å². The number of anilines is 1. The summed E-state index contributed by atoms with van der Waals surface area (Å²) in [6, 6.07) is 1.20. The van der Waals surface area contributed by atoms with Crippen molar-refractivity contribution in [3.8, 4) is 0 Å². The molecule has 0 aromatic carbocycles. The van der Waals surface area contributed by atoms with E-state index in [2.05, 4.69) is 10.3 Å². The first-order valence-corrected chi connectivity index (χ1v) is 6.25. The number of hydrogen-bond acceptors (Lipinski definition) is 6. The lowest BCUT2D eigenvalue weighted by Crippen LogP contribution is -2.30. The molecule has 0 aliphatic heterocycles. The Hall–Kier alpha value is -2.22. The van der Waals surface area contributed by atoms with Crippen LogP contribution in [0, 0.1) is 10.1 Å². The van der Waals surface area contributed by atoms with Gasteiger partial charge < -0.3 is 15.3 Å². The van der Waals surface area contributed by atoms with E-state index in [0.29, 0.717) is 12.4 Å². The molecule has 110 valence electrons. The van der Waals surface area contributed by atoms with Crippen molar-refractivity contribution in [3.63, 3.8) is 0 Å². The van der Waals surface area contributed by atoms with Crippen molar-refractivity contribution in [3.05, 3.63) is 27.9 Å². The molecule has 0 aliphatic rings. The molecule has 0 fully saturated rings. The van der Waals surface area contributed by atoms with Crippen LogP contribution in [-0.4, -0.2) is 52.6 Å². The number of hydrogen-bond donors (Lipinski definition) is 2. The zero-order chi connectivity index (χ0) is 15.1. The third-order valence-corrected chi connectivity index (χ3v) is 2.64. The molecule has 1 aromatic rings. The lowest BCUT2D eigenvalue weighted by atomic mass is 10.2. The molecule has 0 spiro atoms. The molecule has 1 rings (SSSR count). The van der Waals surface area contributed by atoms with Gasteiger partial charge in [-0.25, -0.2) is 4.98 Å². The van der Waals surface area contributed by atoms with Gasteiger partial charge in [-0.3, -0.25) is 14.9 Å². The highest BCUT2D eigenvalue weighted by Gasteiger charge is 2.20. The molecule has 0 saturated heterocycles.